The number of aliphatic hydroxyl groups excluding tert-OH is 1. The number of β-amino-alcohol motifs (C(OH)–C–C–N with tert-alkyl or cyclic N) is 1. The van der Waals surface area contributed by atoms with Gasteiger partial charge in [0.15, 0.2) is 0 Å². The van der Waals surface area contributed by atoms with Crippen LogP contribution in [0.25, 0.3) is 0 Å². The molecule has 106 valence electrons. The lowest BCUT2D eigenvalue weighted by molar-refractivity contribution is -0.000955. The molecule has 0 radical (unpaired) electrons. The van der Waals surface area contributed by atoms with Crippen molar-refractivity contribution in [2.24, 2.45) is 0 Å². The molecule has 2 heterocycles. The summed E-state index contributed by atoms with van der Waals surface area (Å²) < 4.78 is 10.3. The smallest absolute Gasteiger partial charge is 0.0900 e. The normalized spacial score (nSPS) is 30.3. The van der Waals surface area contributed by atoms with E-state index in [1.165, 1.54) is 19.3 Å². The molecule has 2 aliphatic rings. The van der Waals surface area contributed by atoms with Gasteiger partial charge in [0.05, 0.1) is 25.9 Å². The number of hydrogen-bond donors (Lipinski definition) is 2. The highest BCUT2D eigenvalue weighted by Gasteiger charge is 2.29. The summed E-state index contributed by atoms with van der Waals surface area (Å²) in [6.07, 6.45) is 3.41. The fourth-order valence-electron chi connectivity index (χ4n) is 2.89. The first-order valence-electron chi connectivity index (χ1n) is 7.01. The third kappa shape index (κ3) is 4.48. The van der Waals surface area contributed by atoms with Crippen LogP contribution in [0.4, 0.5) is 0 Å². The number of methoxy groups -OCH3 is 1. The van der Waals surface area contributed by atoms with Crippen molar-refractivity contribution < 1.29 is 14.6 Å². The molecule has 0 aromatic rings. The Hall–Kier alpha value is -0.200. The number of nitrogens with one attached hydrogen (secondary N) is 1. The first-order chi connectivity index (χ1) is 8.78. The average molecular weight is 258 g/mol. The largest absolute Gasteiger partial charge is 0.389 e. The predicted molar refractivity (Wildman–Crippen MR) is 69.7 cm³/mol. The topological polar surface area (TPSA) is 54.0 Å². The maximum atomic E-state index is 9.93. The van der Waals surface area contributed by atoms with E-state index in [4.69, 9.17) is 9.47 Å². The van der Waals surface area contributed by atoms with Crippen molar-refractivity contribution in [3.05, 3.63) is 0 Å². The van der Waals surface area contributed by atoms with E-state index >= 15 is 0 Å². The van der Waals surface area contributed by atoms with E-state index in [1.807, 2.05) is 0 Å². The highest BCUT2D eigenvalue weighted by molar-refractivity contribution is 4.89. The molecule has 3 unspecified atom stereocenters. The molecule has 2 aliphatic heterocycles. The Morgan fingerprint density at radius 2 is 2.11 bits per heavy atom. The number of likely N-dealkylation sites (tertiary alicyclic amines) is 1. The van der Waals surface area contributed by atoms with Gasteiger partial charge in [-0.15, -0.1) is 0 Å². The maximum Gasteiger partial charge on any atom is 0.0900 e. The molecular formula is C13H26N2O3. The van der Waals surface area contributed by atoms with Crippen LogP contribution >= 0.6 is 0 Å². The summed E-state index contributed by atoms with van der Waals surface area (Å²) in [4.78, 5) is 2.36. The molecule has 2 rings (SSSR count). The lowest BCUT2D eigenvalue weighted by atomic mass is 10.1. The van der Waals surface area contributed by atoms with E-state index in [9.17, 15) is 5.11 Å². The quantitative estimate of drug-likeness (QED) is 0.621. The van der Waals surface area contributed by atoms with Gasteiger partial charge in [0.2, 0.25) is 0 Å². The second-order valence-electron chi connectivity index (χ2n) is 5.41. The number of ether oxygens (including phenoxy) is 2. The molecule has 0 aromatic carbocycles. The summed E-state index contributed by atoms with van der Waals surface area (Å²) in [7, 11) is 1.65. The van der Waals surface area contributed by atoms with E-state index in [2.05, 4.69) is 10.2 Å². The summed E-state index contributed by atoms with van der Waals surface area (Å²) in [5.41, 5.74) is 0. The fraction of sp³-hybridized carbons (Fsp3) is 1.00. The van der Waals surface area contributed by atoms with Crippen LogP contribution in [0.1, 0.15) is 19.3 Å². The minimum absolute atomic E-state index is 0.390. The van der Waals surface area contributed by atoms with Gasteiger partial charge in [-0.1, -0.05) is 0 Å². The second-order valence-corrected chi connectivity index (χ2v) is 5.41. The summed E-state index contributed by atoms with van der Waals surface area (Å²) in [5, 5.41) is 13.6. The monoisotopic (exact) mass is 258 g/mol. The van der Waals surface area contributed by atoms with Crippen molar-refractivity contribution in [1.29, 1.82) is 0 Å². The number of hydrogen-bond acceptors (Lipinski definition) is 5. The molecule has 3 atom stereocenters. The Morgan fingerprint density at radius 3 is 2.94 bits per heavy atom. The van der Waals surface area contributed by atoms with E-state index < -0.39 is 6.10 Å². The molecule has 2 fully saturated rings. The standard InChI is InChI=1S/C13H26N2O3/c1-17-6-7-18-10-13(16)9-15-5-4-11-2-3-12(8-15)14-11/h11-14,16H,2-10H2,1H3. The summed E-state index contributed by atoms with van der Waals surface area (Å²) >= 11 is 0. The first-order valence-corrected chi connectivity index (χ1v) is 7.01. The minimum Gasteiger partial charge on any atom is -0.389 e. The summed E-state index contributed by atoms with van der Waals surface area (Å²) in [6, 6.07) is 1.33. The van der Waals surface area contributed by atoms with Crippen molar-refractivity contribution in [3.63, 3.8) is 0 Å². The van der Waals surface area contributed by atoms with Crippen LogP contribution in [0, 0.1) is 0 Å². The van der Waals surface area contributed by atoms with E-state index in [0.29, 0.717) is 31.9 Å². The van der Waals surface area contributed by atoms with Crippen molar-refractivity contribution in [3.8, 4) is 0 Å². The number of nitrogens with zero attached hydrogens (tertiary/aromatic N) is 1. The Labute approximate surface area is 109 Å². The third-order valence-electron chi connectivity index (χ3n) is 3.82. The molecule has 5 nitrogen and oxygen atoms in total. The molecule has 0 amide bonds. The Balaban J connectivity index is 1.62. The predicted octanol–water partition coefficient (Wildman–Crippen LogP) is -0.163. The summed E-state index contributed by atoms with van der Waals surface area (Å²) in [6.45, 7) is 4.41. The zero-order valence-electron chi connectivity index (χ0n) is 11.3. The van der Waals surface area contributed by atoms with Gasteiger partial charge in [-0.3, -0.25) is 4.90 Å². The number of aliphatic hydroxyl groups is 1. The van der Waals surface area contributed by atoms with Crippen LogP contribution in [0.3, 0.4) is 0 Å². The Bertz CT molecular complexity index is 240. The van der Waals surface area contributed by atoms with Crippen molar-refractivity contribution >= 4 is 0 Å². The molecular weight excluding hydrogens is 232 g/mol. The number of rotatable bonds is 7. The fourth-order valence-corrected chi connectivity index (χ4v) is 2.89. The Morgan fingerprint density at radius 1 is 1.28 bits per heavy atom. The summed E-state index contributed by atoms with van der Waals surface area (Å²) in [5.74, 6) is 0. The molecule has 5 heteroatoms. The Kier molecular flexibility index (Phi) is 5.85. The average Bonchev–Trinajstić information content (AvgIpc) is 2.69. The lowest BCUT2D eigenvalue weighted by Crippen LogP contribution is -2.40. The molecule has 0 aromatic heterocycles. The molecule has 2 N–H and O–H groups in total. The molecule has 2 bridgehead atoms. The van der Waals surface area contributed by atoms with Crippen molar-refractivity contribution in [1.82, 2.24) is 10.2 Å². The van der Waals surface area contributed by atoms with E-state index in [-0.39, 0.29) is 0 Å². The highest BCUT2D eigenvalue weighted by Crippen LogP contribution is 2.20. The minimum atomic E-state index is -0.390. The third-order valence-corrected chi connectivity index (χ3v) is 3.82. The van der Waals surface area contributed by atoms with Crippen LogP contribution in [0.5, 0.6) is 0 Å². The first kappa shape index (κ1) is 14.2. The van der Waals surface area contributed by atoms with Gasteiger partial charge >= 0.3 is 0 Å². The van der Waals surface area contributed by atoms with Crippen LogP contribution in [-0.2, 0) is 9.47 Å². The van der Waals surface area contributed by atoms with E-state index in [0.717, 1.165) is 19.6 Å². The van der Waals surface area contributed by atoms with Crippen LogP contribution < -0.4 is 5.32 Å². The molecule has 0 saturated carbocycles. The van der Waals surface area contributed by atoms with Gasteiger partial charge in [0.1, 0.15) is 0 Å². The van der Waals surface area contributed by atoms with Crippen LogP contribution in [-0.4, -0.2) is 74.8 Å². The van der Waals surface area contributed by atoms with Crippen molar-refractivity contribution in [2.45, 2.75) is 37.5 Å². The van der Waals surface area contributed by atoms with E-state index in [1.54, 1.807) is 7.11 Å². The number of fused-ring (bicyclic) bond motifs is 2. The van der Waals surface area contributed by atoms with Gasteiger partial charge in [0.25, 0.3) is 0 Å². The van der Waals surface area contributed by atoms with Gasteiger partial charge in [-0.25, -0.2) is 0 Å². The lowest BCUT2D eigenvalue weighted by Gasteiger charge is -2.26. The zero-order valence-corrected chi connectivity index (χ0v) is 11.3. The van der Waals surface area contributed by atoms with Gasteiger partial charge in [-0.2, -0.15) is 0 Å². The molecule has 0 spiro atoms. The van der Waals surface area contributed by atoms with Crippen LogP contribution in [0.15, 0.2) is 0 Å². The van der Waals surface area contributed by atoms with Gasteiger partial charge in [0, 0.05) is 32.3 Å². The molecule has 2 saturated heterocycles. The highest BCUT2D eigenvalue weighted by atomic mass is 16.5. The second kappa shape index (κ2) is 7.40. The zero-order chi connectivity index (χ0) is 12.8. The van der Waals surface area contributed by atoms with Crippen molar-refractivity contribution in [2.75, 3.05) is 46.6 Å². The van der Waals surface area contributed by atoms with Crippen LogP contribution in [0.2, 0.25) is 0 Å². The SMILES string of the molecule is COCCOCC(O)CN1CCC2CCC(C1)N2. The molecule has 18 heavy (non-hydrogen) atoms. The maximum absolute atomic E-state index is 9.93. The molecule has 0 aliphatic carbocycles. The van der Waals surface area contributed by atoms with Gasteiger partial charge in [-0.05, 0) is 25.8 Å². The van der Waals surface area contributed by atoms with Gasteiger partial charge < -0.3 is 19.9 Å².